The summed E-state index contributed by atoms with van der Waals surface area (Å²) in [4.78, 5) is 24.2. The fourth-order valence-corrected chi connectivity index (χ4v) is 2.73. The van der Waals surface area contributed by atoms with Gasteiger partial charge in [-0.25, -0.2) is 20.4 Å². The van der Waals surface area contributed by atoms with E-state index >= 15 is 0 Å². The maximum absolute atomic E-state index is 12.6. The Bertz CT molecular complexity index is 779. The number of carboxylic acid groups (broad SMARTS) is 1. The lowest BCUT2D eigenvalue weighted by Crippen LogP contribution is -2.37. The van der Waals surface area contributed by atoms with Crippen molar-refractivity contribution in [3.8, 4) is 5.69 Å². The van der Waals surface area contributed by atoms with Gasteiger partial charge in [-0.05, 0) is 23.1 Å². The van der Waals surface area contributed by atoms with Crippen LogP contribution in [0, 0.1) is 5.41 Å². The minimum absolute atomic E-state index is 0.169. The van der Waals surface area contributed by atoms with Gasteiger partial charge in [0.1, 0.15) is 12.2 Å². The maximum atomic E-state index is 12.6. The van der Waals surface area contributed by atoms with Crippen LogP contribution < -0.4 is 16.5 Å². The van der Waals surface area contributed by atoms with Gasteiger partial charge in [-0.15, -0.1) is 0 Å². The molecule has 3 rings (SSSR count). The quantitative estimate of drug-likeness (QED) is 0.739. The molecule has 7 nitrogen and oxygen atoms in total. The van der Waals surface area contributed by atoms with Crippen molar-refractivity contribution >= 4 is 5.97 Å². The van der Waals surface area contributed by atoms with Crippen LogP contribution in [0.4, 0.5) is 0 Å². The molecule has 0 radical (unpaired) electrons. The second-order valence-corrected chi connectivity index (χ2v) is 6.78. The minimum atomic E-state index is -1.02. The summed E-state index contributed by atoms with van der Waals surface area (Å²) < 4.78 is 2.74. The Balaban J connectivity index is 1.98. The monoisotopic (exact) mass is 316 g/mol. The van der Waals surface area contributed by atoms with E-state index in [4.69, 9.17) is 0 Å². The Morgan fingerprint density at radius 2 is 1.78 bits per heavy atom. The van der Waals surface area contributed by atoms with Crippen LogP contribution in [0.15, 0.2) is 41.5 Å². The summed E-state index contributed by atoms with van der Waals surface area (Å²) in [5.41, 5.74) is 6.82. The fraction of sp³-hybridized carbons (Fsp3) is 0.375. The highest BCUT2D eigenvalue weighted by Gasteiger charge is 2.34. The number of imidazole rings is 1. The van der Waals surface area contributed by atoms with Crippen LogP contribution in [-0.2, 0) is 4.79 Å². The van der Waals surface area contributed by atoms with Crippen molar-refractivity contribution in [2.24, 2.45) is 5.41 Å². The molecular weight excluding hydrogens is 296 g/mol. The first-order valence-electron chi connectivity index (χ1n) is 7.43. The fourth-order valence-electron chi connectivity index (χ4n) is 2.73. The third kappa shape index (κ3) is 2.93. The first-order valence-corrected chi connectivity index (χ1v) is 7.43. The number of carboxylic acids is 1. The molecule has 1 saturated heterocycles. The Morgan fingerprint density at radius 1 is 1.17 bits per heavy atom. The third-order valence-electron chi connectivity index (χ3n) is 3.93. The maximum Gasteiger partial charge on any atom is 0.333 e. The SMILES string of the molecule is CC(C)(C)C(C(=O)O)n1ccn(-c2ccc(C3NN3)cc2)c1=O. The van der Waals surface area contributed by atoms with Crippen LogP contribution in [0.2, 0.25) is 0 Å². The van der Waals surface area contributed by atoms with Gasteiger partial charge in [-0.1, -0.05) is 32.9 Å². The number of hydrogen-bond donors (Lipinski definition) is 3. The number of aromatic nitrogens is 2. The first-order chi connectivity index (χ1) is 10.8. The molecule has 1 fully saturated rings. The molecule has 0 aliphatic carbocycles. The second kappa shape index (κ2) is 5.36. The van der Waals surface area contributed by atoms with Crippen molar-refractivity contribution in [2.45, 2.75) is 33.0 Å². The number of rotatable bonds is 4. The molecule has 2 aromatic rings. The van der Waals surface area contributed by atoms with Gasteiger partial charge in [0.05, 0.1) is 5.69 Å². The van der Waals surface area contributed by atoms with Gasteiger partial charge >= 0.3 is 11.7 Å². The number of benzene rings is 1. The van der Waals surface area contributed by atoms with Crippen LogP contribution in [-0.4, -0.2) is 20.2 Å². The highest BCUT2D eigenvalue weighted by Crippen LogP contribution is 2.29. The van der Waals surface area contributed by atoms with Gasteiger partial charge in [-0.2, -0.15) is 0 Å². The number of carbonyl (C=O) groups is 1. The molecule has 122 valence electrons. The highest BCUT2D eigenvalue weighted by atomic mass is 16.4. The zero-order valence-corrected chi connectivity index (χ0v) is 13.3. The van der Waals surface area contributed by atoms with E-state index < -0.39 is 17.4 Å². The number of hydrogen-bond acceptors (Lipinski definition) is 4. The standard InChI is InChI=1S/C16H20N4O3/c1-16(2,3)12(14(21)22)20-9-8-19(15(20)23)11-6-4-10(5-7-11)13-17-18-13/h4-9,12-13,17-18H,1-3H3,(H,21,22). The summed E-state index contributed by atoms with van der Waals surface area (Å²) in [5.74, 6) is -1.02. The molecule has 1 unspecified atom stereocenters. The van der Waals surface area contributed by atoms with E-state index in [9.17, 15) is 14.7 Å². The normalized spacial score (nSPS) is 16.3. The molecule has 1 aliphatic rings. The van der Waals surface area contributed by atoms with Crippen molar-refractivity contribution in [3.63, 3.8) is 0 Å². The summed E-state index contributed by atoms with van der Waals surface area (Å²) in [6.07, 6.45) is 3.30. The van der Waals surface area contributed by atoms with Crippen LogP contribution in [0.1, 0.15) is 38.5 Å². The Hall–Kier alpha value is -2.38. The molecule has 7 heteroatoms. The summed E-state index contributed by atoms with van der Waals surface area (Å²) in [5, 5.41) is 9.49. The van der Waals surface area contributed by atoms with Crippen LogP contribution in [0.3, 0.4) is 0 Å². The molecular formula is C16H20N4O3. The number of nitrogens with one attached hydrogen (secondary N) is 2. The molecule has 2 heterocycles. The van der Waals surface area contributed by atoms with Crippen LogP contribution in [0.25, 0.3) is 5.69 Å². The van der Waals surface area contributed by atoms with E-state index in [1.165, 1.54) is 15.3 Å². The molecule has 3 N–H and O–H groups in total. The van der Waals surface area contributed by atoms with Crippen molar-refractivity contribution < 1.29 is 9.90 Å². The lowest BCUT2D eigenvalue weighted by molar-refractivity contribution is -0.144. The molecule has 0 bridgehead atoms. The molecule has 23 heavy (non-hydrogen) atoms. The molecule has 0 saturated carbocycles. The van der Waals surface area contributed by atoms with Crippen LogP contribution in [0.5, 0.6) is 0 Å². The molecule has 1 atom stereocenters. The second-order valence-electron chi connectivity index (χ2n) is 6.78. The van der Waals surface area contributed by atoms with Gasteiger partial charge < -0.3 is 5.11 Å². The van der Waals surface area contributed by atoms with Gasteiger partial charge in [0.2, 0.25) is 0 Å². The van der Waals surface area contributed by atoms with Gasteiger partial charge in [0, 0.05) is 12.4 Å². The Kier molecular flexibility index (Phi) is 3.62. The van der Waals surface area contributed by atoms with E-state index in [2.05, 4.69) is 10.9 Å². The molecule has 0 spiro atoms. The lowest BCUT2D eigenvalue weighted by Gasteiger charge is -2.27. The lowest BCUT2D eigenvalue weighted by atomic mass is 9.86. The number of hydrazine groups is 1. The van der Waals surface area contributed by atoms with E-state index in [-0.39, 0.29) is 11.9 Å². The topological polar surface area (TPSA) is 108 Å². The molecule has 0 amide bonds. The summed E-state index contributed by atoms with van der Waals surface area (Å²) in [6.45, 7) is 5.42. The molecule has 1 aliphatic heterocycles. The van der Waals surface area contributed by atoms with E-state index in [0.717, 1.165) is 5.56 Å². The number of nitrogens with zero attached hydrogens (tertiary/aromatic N) is 2. The van der Waals surface area contributed by atoms with Crippen molar-refractivity contribution in [2.75, 3.05) is 0 Å². The smallest absolute Gasteiger partial charge is 0.333 e. The van der Waals surface area contributed by atoms with Crippen molar-refractivity contribution in [3.05, 3.63) is 52.7 Å². The number of aliphatic carboxylic acids is 1. The average Bonchev–Trinajstić information content (AvgIpc) is 3.24. The van der Waals surface area contributed by atoms with Gasteiger partial charge in [0.25, 0.3) is 0 Å². The highest BCUT2D eigenvalue weighted by molar-refractivity contribution is 5.72. The van der Waals surface area contributed by atoms with Crippen molar-refractivity contribution in [1.29, 1.82) is 0 Å². The van der Waals surface area contributed by atoms with E-state index in [1.807, 2.05) is 24.3 Å². The zero-order chi connectivity index (χ0) is 16.8. The molecule has 1 aromatic heterocycles. The zero-order valence-electron chi connectivity index (χ0n) is 13.3. The predicted molar refractivity (Wildman–Crippen MR) is 85.2 cm³/mol. The van der Waals surface area contributed by atoms with E-state index in [1.54, 1.807) is 27.0 Å². The summed E-state index contributed by atoms with van der Waals surface area (Å²) in [6, 6.07) is 6.62. The average molecular weight is 316 g/mol. The van der Waals surface area contributed by atoms with Gasteiger partial charge in [-0.3, -0.25) is 9.13 Å². The van der Waals surface area contributed by atoms with Crippen molar-refractivity contribution in [1.82, 2.24) is 20.0 Å². The largest absolute Gasteiger partial charge is 0.480 e. The molecule has 1 aromatic carbocycles. The Morgan fingerprint density at radius 3 is 2.26 bits per heavy atom. The summed E-state index contributed by atoms with van der Waals surface area (Å²) >= 11 is 0. The van der Waals surface area contributed by atoms with Crippen LogP contribution >= 0.6 is 0 Å². The first kappa shape index (κ1) is 15.5. The summed E-state index contributed by atoms with van der Waals surface area (Å²) in [7, 11) is 0. The minimum Gasteiger partial charge on any atom is -0.480 e. The van der Waals surface area contributed by atoms with E-state index in [0.29, 0.717) is 5.69 Å². The third-order valence-corrected chi connectivity index (χ3v) is 3.93. The van der Waals surface area contributed by atoms with Gasteiger partial charge in [0.15, 0.2) is 0 Å². The Labute approximate surface area is 133 Å². The predicted octanol–water partition coefficient (Wildman–Crippen LogP) is 1.42.